The fraction of sp³-hybridized carbons (Fsp3) is 0.269. The van der Waals surface area contributed by atoms with Crippen LogP contribution in [0.3, 0.4) is 0 Å². The molecule has 3 aromatic carbocycles. The second-order valence-corrected chi connectivity index (χ2v) is 9.80. The van der Waals surface area contributed by atoms with Crippen molar-refractivity contribution in [2.24, 2.45) is 5.92 Å². The maximum Gasteiger partial charge on any atom is 0.485 e. The van der Waals surface area contributed by atoms with Gasteiger partial charge in [-0.2, -0.15) is 13.2 Å². The first-order valence-electron chi connectivity index (χ1n) is 10.9. The quantitative estimate of drug-likeness (QED) is 0.279. The van der Waals surface area contributed by atoms with Crippen LogP contribution in [0.15, 0.2) is 91.0 Å². The summed E-state index contributed by atoms with van der Waals surface area (Å²) >= 11 is 0. The van der Waals surface area contributed by atoms with Crippen molar-refractivity contribution in [2.75, 3.05) is 14.1 Å². The Balaban J connectivity index is 0.000000371. The SMILES string of the molecule is C[C@@H]1C(=[N+](C)C)N(C(c2ccccc2)c2ccccc2)[C@@H]1c1ccccc1.O=S(=O)([O-])C(F)(F)F. The largest absolute Gasteiger partial charge is 0.741 e. The Morgan fingerprint density at radius 3 is 1.54 bits per heavy atom. The molecule has 0 aromatic heterocycles. The third kappa shape index (κ3) is 5.91. The van der Waals surface area contributed by atoms with Crippen molar-refractivity contribution in [1.82, 2.24) is 4.90 Å². The van der Waals surface area contributed by atoms with Gasteiger partial charge in [0.2, 0.25) is 0 Å². The number of nitrogens with zero attached hydrogens (tertiary/aromatic N) is 2. The Morgan fingerprint density at radius 2 is 1.20 bits per heavy atom. The average Bonchev–Trinajstić information content (AvgIpc) is 2.80. The van der Waals surface area contributed by atoms with Gasteiger partial charge in [-0.25, -0.2) is 13.3 Å². The van der Waals surface area contributed by atoms with E-state index in [9.17, 15) is 13.2 Å². The minimum Gasteiger partial charge on any atom is -0.741 e. The zero-order valence-electron chi connectivity index (χ0n) is 19.6. The minimum atomic E-state index is -6.09. The normalized spacial score (nSPS) is 17.9. The Labute approximate surface area is 203 Å². The van der Waals surface area contributed by atoms with Gasteiger partial charge in [-0.05, 0) is 12.5 Å². The van der Waals surface area contributed by atoms with Crippen molar-refractivity contribution in [1.29, 1.82) is 0 Å². The van der Waals surface area contributed by atoms with Crippen molar-refractivity contribution < 1.29 is 30.7 Å². The number of likely N-dealkylation sites (tertiary alicyclic amines) is 1. The van der Waals surface area contributed by atoms with Crippen molar-refractivity contribution in [3.05, 3.63) is 108 Å². The Hall–Kier alpha value is -3.17. The van der Waals surface area contributed by atoms with Crippen molar-refractivity contribution >= 4 is 16.0 Å². The zero-order chi connectivity index (χ0) is 25.8. The van der Waals surface area contributed by atoms with E-state index in [2.05, 4.69) is 121 Å². The predicted molar refractivity (Wildman–Crippen MR) is 128 cm³/mol. The van der Waals surface area contributed by atoms with Crippen LogP contribution in [-0.2, 0) is 10.1 Å². The van der Waals surface area contributed by atoms with Gasteiger partial charge >= 0.3 is 5.51 Å². The summed E-state index contributed by atoms with van der Waals surface area (Å²) in [5.41, 5.74) is -1.60. The lowest BCUT2D eigenvalue weighted by Crippen LogP contribution is -2.58. The zero-order valence-corrected chi connectivity index (χ0v) is 20.4. The highest BCUT2D eigenvalue weighted by Crippen LogP contribution is 2.48. The van der Waals surface area contributed by atoms with Gasteiger partial charge in [0, 0.05) is 11.1 Å². The summed E-state index contributed by atoms with van der Waals surface area (Å²) < 4.78 is 61.2. The second-order valence-electron chi connectivity index (χ2n) is 8.43. The number of halogens is 3. The van der Waals surface area contributed by atoms with Gasteiger partial charge in [0.1, 0.15) is 18.0 Å². The molecule has 0 aliphatic carbocycles. The summed E-state index contributed by atoms with van der Waals surface area (Å²) in [5.74, 6) is 1.87. The third-order valence-electron chi connectivity index (χ3n) is 5.84. The first-order valence-corrected chi connectivity index (χ1v) is 12.3. The van der Waals surface area contributed by atoms with Crippen LogP contribution in [-0.4, -0.2) is 47.9 Å². The molecule has 3 aromatic rings. The van der Waals surface area contributed by atoms with E-state index in [-0.39, 0.29) is 6.04 Å². The molecule has 186 valence electrons. The molecule has 1 fully saturated rings. The molecule has 1 saturated heterocycles. The highest BCUT2D eigenvalue weighted by atomic mass is 32.2. The number of benzene rings is 3. The fourth-order valence-corrected chi connectivity index (χ4v) is 4.49. The Morgan fingerprint density at radius 1 is 0.829 bits per heavy atom. The van der Waals surface area contributed by atoms with Crippen LogP contribution in [0, 0.1) is 5.92 Å². The van der Waals surface area contributed by atoms with E-state index in [0.717, 1.165) is 0 Å². The van der Waals surface area contributed by atoms with Crippen molar-refractivity contribution in [3.8, 4) is 0 Å². The number of hydrogen-bond acceptors (Lipinski definition) is 3. The molecule has 5 nitrogen and oxygen atoms in total. The van der Waals surface area contributed by atoms with E-state index in [1.165, 1.54) is 22.5 Å². The molecule has 0 saturated carbocycles. The lowest BCUT2D eigenvalue weighted by Gasteiger charge is -2.47. The molecule has 4 rings (SSSR count). The summed E-state index contributed by atoms with van der Waals surface area (Å²) in [6.07, 6.45) is 0. The molecule has 1 aliphatic heterocycles. The van der Waals surface area contributed by atoms with Gasteiger partial charge in [-0.15, -0.1) is 0 Å². The summed E-state index contributed by atoms with van der Waals surface area (Å²) in [5, 5.41) is 0. The number of amidine groups is 1. The maximum absolute atomic E-state index is 10.7. The Kier molecular flexibility index (Phi) is 8.02. The van der Waals surface area contributed by atoms with Crippen LogP contribution >= 0.6 is 0 Å². The lowest BCUT2D eigenvalue weighted by atomic mass is 9.79. The van der Waals surface area contributed by atoms with Crippen molar-refractivity contribution in [3.63, 3.8) is 0 Å². The molecule has 35 heavy (non-hydrogen) atoms. The number of alkyl halides is 3. The van der Waals surface area contributed by atoms with Crippen LogP contribution < -0.4 is 0 Å². The first-order chi connectivity index (χ1) is 16.4. The lowest BCUT2D eigenvalue weighted by molar-refractivity contribution is -0.479. The Bertz CT molecular complexity index is 1210. The van der Waals surface area contributed by atoms with Gasteiger partial charge < -0.3 is 4.55 Å². The molecule has 0 radical (unpaired) electrons. The van der Waals surface area contributed by atoms with E-state index in [0.29, 0.717) is 12.0 Å². The summed E-state index contributed by atoms with van der Waals surface area (Å²) in [6.45, 7) is 2.34. The first kappa shape index (κ1) is 26.4. The topological polar surface area (TPSA) is 63.5 Å². The van der Waals surface area contributed by atoms with Crippen LogP contribution in [0.25, 0.3) is 0 Å². The monoisotopic (exact) mass is 504 g/mol. The van der Waals surface area contributed by atoms with Crippen LogP contribution in [0.4, 0.5) is 13.2 Å². The van der Waals surface area contributed by atoms with Crippen LogP contribution in [0.2, 0.25) is 0 Å². The minimum absolute atomic E-state index is 0.200. The molecule has 1 heterocycles. The van der Waals surface area contributed by atoms with E-state index >= 15 is 0 Å². The standard InChI is InChI=1S/C25H27N2.CHF3O3S/c1-19-23(20-13-7-4-8-14-20)27(25(19)26(2)3)24(21-15-9-5-10-16-21)22-17-11-6-12-18-22;2-1(3,4)8(5,6)7/h4-19,23-24H,1-3H3;(H,5,6,7)/q+1;/p-1/t19-,23-;/m0./s1. The smallest absolute Gasteiger partial charge is 0.485 e. The van der Waals surface area contributed by atoms with Gasteiger partial charge in [0.25, 0.3) is 5.84 Å². The molecule has 2 atom stereocenters. The highest BCUT2D eigenvalue weighted by Gasteiger charge is 2.54. The van der Waals surface area contributed by atoms with E-state index in [1.807, 2.05) is 0 Å². The van der Waals surface area contributed by atoms with Crippen molar-refractivity contribution in [2.45, 2.75) is 24.5 Å². The van der Waals surface area contributed by atoms with Crippen LogP contribution in [0.1, 0.15) is 35.7 Å². The van der Waals surface area contributed by atoms with E-state index in [4.69, 9.17) is 13.0 Å². The van der Waals surface area contributed by atoms with Gasteiger partial charge in [0.05, 0.1) is 14.1 Å². The van der Waals surface area contributed by atoms with E-state index < -0.39 is 15.6 Å². The molecule has 0 spiro atoms. The molecular formula is C26H27F3N2O3S. The van der Waals surface area contributed by atoms with Gasteiger partial charge in [-0.1, -0.05) is 91.0 Å². The molecule has 0 unspecified atom stereocenters. The maximum atomic E-state index is 10.7. The molecule has 0 bridgehead atoms. The van der Waals surface area contributed by atoms with Gasteiger partial charge in [-0.3, -0.25) is 4.58 Å². The van der Waals surface area contributed by atoms with E-state index in [1.54, 1.807) is 0 Å². The number of rotatable bonds is 4. The van der Waals surface area contributed by atoms with Gasteiger partial charge in [0.15, 0.2) is 10.1 Å². The molecule has 1 aliphatic rings. The molecule has 0 amide bonds. The molecule has 0 N–H and O–H groups in total. The summed E-state index contributed by atoms with van der Waals surface area (Å²) in [6, 6.07) is 33.2. The summed E-state index contributed by atoms with van der Waals surface area (Å²) in [4.78, 5) is 2.60. The second kappa shape index (κ2) is 10.6. The molecule has 9 heteroatoms. The fourth-order valence-electron chi connectivity index (χ4n) is 4.49. The number of hydrogen-bond donors (Lipinski definition) is 0. The predicted octanol–water partition coefficient (Wildman–Crippen LogP) is 5.19. The third-order valence-corrected chi connectivity index (χ3v) is 6.40. The summed E-state index contributed by atoms with van der Waals surface area (Å²) in [7, 11) is -1.77. The highest BCUT2D eigenvalue weighted by molar-refractivity contribution is 7.86. The molecular weight excluding hydrogens is 477 g/mol. The van der Waals surface area contributed by atoms with Crippen LogP contribution in [0.5, 0.6) is 0 Å². The average molecular weight is 505 g/mol.